The van der Waals surface area contributed by atoms with E-state index in [1.54, 1.807) is 6.07 Å². The summed E-state index contributed by atoms with van der Waals surface area (Å²) in [5.41, 5.74) is 5.95. The summed E-state index contributed by atoms with van der Waals surface area (Å²) in [7, 11) is 0. The van der Waals surface area contributed by atoms with E-state index < -0.39 is 0 Å². The molecule has 0 aliphatic carbocycles. The molecule has 0 fully saturated rings. The minimum Gasteiger partial charge on any atom is -0.506 e. The van der Waals surface area contributed by atoms with Gasteiger partial charge in [0.15, 0.2) is 0 Å². The summed E-state index contributed by atoms with van der Waals surface area (Å²) in [6.07, 6.45) is 2.52. The summed E-state index contributed by atoms with van der Waals surface area (Å²) in [4.78, 5) is 9.44. The Morgan fingerprint density at radius 3 is 2.63 bits per heavy atom. The van der Waals surface area contributed by atoms with Gasteiger partial charge in [-0.15, -0.1) is 5.39 Å². The first-order valence-electron chi connectivity index (χ1n) is 11.6. The summed E-state index contributed by atoms with van der Waals surface area (Å²) in [5.74, 6) is 1.53. The zero-order valence-electron chi connectivity index (χ0n) is 19.5. The van der Waals surface area contributed by atoms with Crippen LogP contribution in [0.2, 0.25) is 0 Å². The predicted molar refractivity (Wildman–Crippen MR) is 138 cm³/mol. The SMILES string of the molecule is CC(C)c1ccnc(-n2c3[c-]c(Cc4ccc5cccc(O)c5n4)ccc3c3ccccc32)c1.[Pt]. The summed E-state index contributed by atoms with van der Waals surface area (Å²) >= 11 is 0. The van der Waals surface area contributed by atoms with Gasteiger partial charge in [-0.2, -0.15) is 23.8 Å². The van der Waals surface area contributed by atoms with Crippen LogP contribution in [-0.4, -0.2) is 19.6 Å². The maximum atomic E-state index is 10.2. The molecule has 0 aliphatic rings. The van der Waals surface area contributed by atoms with E-state index in [1.165, 1.54) is 10.9 Å². The van der Waals surface area contributed by atoms with Crippen LogP contribution in [0.1, 0.15) is 36.6 Å². The molecule has 0 saturated heterocycles. The molecule has 176 valence electrons. The zero-order valence-corrected chi connectivity index (χ0v) is 21.7. The minimum absolute atomic E-state index is 0. The molecule has 6 rings (SSSR count). The number of rotatable bonds is 4. The average molecular weight is 638 g/mol. The molecule has 5 heteroatoms. The number of nitrogens with zero attached hydrogens (tertiary/aromatic N) is 3. The minimum atomic E-state index is 0. The molecule has 0 saturated carbocycles. The van der Waals surface area contributed by atoms with Crippen LogP contribution >= 0.6 is 0 Å². The number of fused-ring (bicyclic) bond motifs is 4. The molecule has 3 aromatic heterocycles. The van der Waals surface area contributed by atoms with Crippen LogP contribution in [0.25, 0.3) is 38.5 Å². The van der Waals surface area contributed by atoms with Crippen molar-refractivity contribution >= 4 is 32.7 Å². The zero-order chi connectivity index (χ0) is 23.2. The van der Waals surface area contributed by atoms with E-state index in [0.29, 0.717) is 17.9 Å². The molecule has 4 nitrogen and oxygen atoms in total. The van der Waals surface area contributed by atoms with Crippen LogP contribution in [0.15, 0.2) is 85.1 Å². The van der Waals surface area contributed by atoms with Crippen molar-refractivity contribution in [3.05, 3.63) is 108 Å². The van der Waals surface area contributed by atoms with Crippen LogP contribution in [0, 0.1) is 6.07 Å². The van der Waals surface area contributed by atoms with E-state index >= 15 is 0 Å². The summed E-state index contributed by atoms with van der Waals surface area (Å²) in [5, 5.41) is 13.5. The van der Waals surface area contributed by atoms with Gasteiger partial charge in [-0.25, -0.2) is 9.97 Å². The van der Waals surface area contributed by atoms with E-state index in [2.05, 4.69) is 73.0 Å². The molecule has 35 heavy (non-hydrogen) atoms. The predicted octanol–water partition coefficient (Wildman–Crippen LogP) is 6.94. The molecule has 0 spiro atoms. The Balaban J connectivity index is 0.00000253. The van der Waals surface area contributed by atoms with Gasteiger partial charge in [-0.1, -0.05) is 55.8 Å². The number of para-hydroxylation sites is 2. The van der Waals surface area contributed by atoms with Gasteiger partial charge >= 0.3 is 0 Å². The Kier molecular flexibility index (Phi) is 6.17. The number of pyridine rings is 2. The molecular formula is C30H24N3OPt-. The van der Waals surface area contributed by atoms with Gasteiger partial charge in [0.05, 0.1) is 0 Å². The Bertz CT molecular complexity index is 1690. The van der Waals surface area contributed by atoms with E-state index in [4.69, 9.17) is 9.97 Å². The normalized spacial score (nSPS) is 11.4. The number of benzene rings is 3. The molecule has 3 heterocycles. The van der Waals surface area contributed by atoms with E-state index in [1.807, 2.05) is 30.5 Å². The largest absolute Gasteiger partial charge is 0.506 e. The van der Waals surface area contributed by atoms with Crippen molar-refractivity contribution in [2.75, 3.05) is 0 Å². The molecule has 0 amide bonds. The van der Waals surface area contributed by atoms with E-state index in [0.717, 1.165) is 38.9 Å². The molecule has 0 bridgehead atoms. The third-order valence-electron chi connectivity index (χ3n) is 6.44. The fraction of sp³-hybridized carbons (Fsp3) is 0.133. The molecule has 0 aliphatic heterocycles. The fourth-order valence-electron chi connectivity index (χ4n) is 4.66. The molecule has 0 radical (unpaired) electrons. The van der Waals surface area contributed by atoms with Gasteiger partial charge in [0.1, 0.15) is 17.1 Å². The Labute approximate surface area is 218 Å². The number of phenols is 1. The van der Waals surface area contributed by atoms with Gasteiger partial charge in [0, 0.05) is 43.9 Å². The number of hydrogen-bond donors (Lipinski definition) is 1. The first-order chi connectivity index (χ1) is 16.6. The van der Waals surface area contributed by atoms with Crippen molar-refractivity contribution in [1.82, 2.24) is 14.5 Å². The van der Waals surface area contributed by atoms with Gasteiger partial charge in [0.2, 0.25) is 0 Å². The molecule has 0 atom stereocenters. The first-order valence-corrected chi connectivity index (χ1v) is 11.6. The van der Waals surface area contributed by atoms with Crippen LogP contribution in [-0.2, 0) is 27.5 Å². The second kappa shape index (κ2) is 9.28. The maximum Gasteiger partial charge on any atom is 0.141 e. The Morgan fingerprint density at radius 1 is 0.914 bits per heavy atom. The third-order valence-corrected chi connectivity index (χ3v) is 6.44. The first kappa shape index (κ1) is 23.3. The van der Waals surface area contributed by atoms with Crippen LogP contribution < -0.4 is 0 Å². The molecule has 1 N–H and O–H groups in total. The number of hydrogen-bond acceptors (Lipinski definition) is 3. The Morgan fingerprint density at radius 2 is 1.77 bits per heavy atom. The number of phenolic OH excluding ortho intramolecular Hbond substituents is 1. The van der Waals surface area contributed by atoms with Crippen molar-refractivity contribution in [3.63, 3.8) is 0 Å². The third kappa shape index (κ3) is 4.13. The second-order valence-corrected chi connectivity index (χ2v) is 9.03. The maximum absolute atomic E-state index is 10.2. The van der Waals surface area contributed by atoms with Crippen molar-refractivity contribution in [2.45, 2.75) is 26.2 Å². The summed E-state index contributed by atoms with van der Waals surface area (Å²) < 4.78 is 2.21. The van der Waals surface area contributed by atoms with Crippen LogP contribution in [0.5, 0.6) is 5.75 Å². The summed E-state index contributed by atoms with van der Waals surface area (Å²) in [6, 6.07) is 30.1. The molecule has 0 unspecified atom stereocenters. The van der Waals surface area contributed by atoms with Gasteiger partial charge in [-0.3, -0.25) is 0 Å². The van der Waals surface area contributed by atoms with Crippen LogP contribution in [0.3, 0.4) is 0 Å². The van der Waals surface area contributed by atoms with E-state index in [-0.39, 0.29) is 26.8 Å². The van der Waals surface area contributed by atoms with E-state index in [9.17, 15) is 5.11 Å². The van der Waals surface area contributed by atoms with Crippen LogP contribution in [0.4, 0.5) is 0 Å². The number of aromatic nitrogens is 3. The van der Waals surface area contributed by atoms with Crippen molar-refractivity contribution in [1.29, 1.82) is 0 Å². The smallest absolute Gasteiger partial charge is 0.141 e. The van der Waals surface area contributed by atoms with Gasteiger partial charge in [0.25, 0.3) is 0 Å². The standard InChI is InChI=1S/C30H24N3O.Pt/c1-19(2)22-14-15-31-29(18-22)33-26-8-4-3-7-24(26)25-13-10-20(17-27(25)33)16-23-12-11-21-6-5-9-28(34)30(21)32-23;/h3-15,18-19,34H,16H2,1-2H3;/q-1;. The van der Waals surface area contributed by atoms with Gasteiger partial charge < -0.3 is 9.67 Å². The topological polar surface area (TPSA) is 50.9 Å². The van der Waals surface area contributed by atoms with Gasteiger partial charge in [-0.05, 0) is 53.6 Å². The Hall–Kier alpha value is -3.49. The molecule has 6 aromatic rings. The number of aromatic hydroxyl groups is 1. The van der Waals surface area contributed by atoms with Crippen molar-refractivity contribution in [3.8, 4) is 11.6 Å². The molecular weight excluding hydrogens is 613 g/mol. The quantitative estimate of drug-likeness (QED) is 0.213. The van der Waals surface area contributed by atoms with Crippen molar-refractivity contribution in [2.24, 2.45) is 0 Å². The van der Waals surface area contributed by atoms with Crippen molar-refractivity contribution < 1.29 is 26.2 Å². The monoisotopic (exact) mass is 637 g/mol. The fourth-order valence-corrected chi connectivity index (χ4v) is 4.66. The molecule has 3 aromatic carbocycles. The summed E-state index contributed by atoms with van der Waals surface area (Å²) in [6.45, 7) is 4.40. The average Bonchev–Trinajstić information content (AvgIpc) is 3.18. The second-order valence-electron chi connectivity index (χ2n) is 9.03.